The van der Waals surface area contributed by atoms with Crippen molar-refractivity contribution in [2.75, 3.05) is 13.2 Å². The summed E-state index contributed by atoms with van der Waals surface area (Å²) in [5.41, 5.74) is 6.12. The number of hydrogen-bond acceptors (Lipinski definition) is 3. The standard InChI is InChI=1S/C8H10N4O/c9-8(13)12-2-1-7-6(4-12)3-10-5-11-7/h1-3,6H,4-5H2,(H2,9,13). The van der Waals surface area contributed by atoms with Gasteiger partial charge in [-0.3, -0.25) is 9.98 Å². The van der Waals surface area contributed by atoms with Gasteiger partial charge in [0.15, 0.2) is 0 Å². The molecule has 0 saturated carbocycles. The average molecular weight is 178 g/mol. The third-order valence-electron chi connectivity index (χ3n) is 2.10. The minimum Gasteiger partial charge on any atom is -0.351 e. The fourth-order valence-corrected chi connectivity index (χ4v) is 1.41. The molecule has 0 saturated heterocycles. The molecule has 0 aliphatic carbocycles. The first kappa shape index (κ1) is 7.97. The van der Waals surface area contributed by atoms with Crippen molar-refractivity contribution in [2.45, 2.75) is 0 Å². The molecule has 1 atom stereocenters. The van der Waals surface area contributed by atoms with Gasteiger partial charge in [0.25, 0.3) is 0 Å². The van der Waals surface area contributed by atoms with E-state index >= 15 is 0 Å². The van der Waals surface area contributed by atoms with E-state index in [9.17, 15) is 4.79 Å². The van der Waals surface area contributed by atoms with Crippen LogP contribution in [-0.2, 0) is 0 Å². The molecule has 1 unspecified atom stereocenters. The summed E-state index contributed by atoms with van der Waals surface area (Å²) in [5.74, 6) is 0.117. The number of nitrogens with zero attached hydrogens (tertiary/aromatic N) is 3. The van der Waals surface area contributed by atoms with E-state index < -0.39 is 6.03 Å². The number of urea groups is 1. The number of hydrogen-bond donors (Lipinski definition) is 1. The lowest BCUT2D eigenvalue weighted by molar-refractivity contribution is 0.223. The summed E-state index contributed by atoms with van der Waals surface area (Å²) in [4.78, 5) is 20.5. The Bertz CT molecular complexity index is 318. The van der Waals surface area contributed by atoms with Gasteiger partial charge < -0.3 is 10.6 Å². The van der Waals surface area contributed by atoms with E-state index in [4.69, 9.17) is 5.73 Å². The van der Waals surface area contributed by atoms with Crippen LogP contribution in [0.5, 0.6) is 0 Å². The van der Waals surface area contributed by atoms with Crippen molar-refractivity contribution in [3.63, 3.8) is 0 Å². The number of carbonyl (C=O) groups is 1. The largest absolute Gasteiger partial charge is 0.351 e. The number of amides is 2. The molecule has 2 N–H and O–H groups in total. The van der Waals surface area contributed by atoms with Crippen LogP contribution in [0, 0.1) is 5.92 Å². The van der Waals surface area contributed by atoms with Crippen LogP contribution in [-0.4, -0.2) is 36.1 Å². The Labute approximate surface area is 75.6 Å². The van der Waals surface area contributed by atoms with Gasteiger partial charge in [-0.25, -0.2) is 4.79 Å². The molecule has 0 radical (unpaired) electrons. The molecule has 2 aliphatic rings. The highest BCUT2D eigenvalue weighted by Crippen LogP contribution is 2.12. The summed E-state index contributed by atoms with van der Waals surface area (Å²) in [6, 6.07) is -0.436. The Kier molecular flexibility index (Phi) is 1.84. The summed E-state index contributed by atoms with van der Waals surface area (Å²) < 4.78 is 0. The van der Waals surface area contributed by atoms with Crippen molar-refractivity contribution in [3.05, 3.63) is 12.3 Å². The zero-order valence-electron chi connectivity index (χ0n) is 7.05. The molecule has 2 rings (SSSR count). The average Bonchev–Trinajstić information content (AvgIpc) is 2.17. The van der Waals surface area contributed by atoms with Gasteiger partial charge in [0.1, 0.15) is 6.67 Å². The van der Waals surface area contributed by atoms with Crippen molar-refractivity contribution < 1.29 is 4.79 Å². The van der Waals surface area contributed by atoms with Gasteiger partial charge in [0, 0.05) is 24.7 Å². The van der Waals surface area contributed by atoms with Crippen molar-refractivity contribution in [2.24, 2.45) is 21.6 Å². The van der Waals surface area contributed by atoms with Crippen LogP contribution in [0.2, 0.25) is 0 Å². The topological polar surface area (TPSA) is 71.1 Å². The Morgan fingerprint density at radius 2 is 2.54 bits per heavy atom. The number of primary amides is 1. The molecule has 0 fully saturated rings. The molecule has 5 nitrogen and oxygen atoms in total. The van der Waals surface area contributed by atoms with Gasteiger partial charge in [0.05, 0.1) is 5.92 Å². The third kappa shape index (κ3) is 1.44. The number of fused-ring (bicyclic) bond motifs is 1. The van der Waals surface area contributed by atoms with Crippen LogP contribution >= 0.6 is 0 Å². The summed E-state index contributed by atoms with van der Waals surface area (Å²) in [6.07, 6.45) is 5.29. The normalized spacial score (nSPS) is 25.4. The molecule has 0 aromatic carbocycles. The minimum absolute atomic E-state index is 0.117. The van der Waals surface area contributed by atoms with Gasteiger partial charge in [-0.1, -0.05) is 0 Å². The fraction of sp³-hybridized carbons (Fsp3) is 0.375. The van der Waals surface area contributed by atoms with Crippen molar-refractivity contribution in [1.29, 1.82) is 0 Å². The van der Waals surface area contributed by atoms with E-state index in [0.717, 1.165) is 5.71 Å². The maximum absolute atomic E-state index is 10.8. The predicted molar refractivity (Wildman–Crippen MR) is 49.7 cm³/mol. The van der Waals surface area contributed by atoms with Crippen LogP contribution in [0.4, 0.5) is 4.79 Å². The molecular formula is C8H10N4O. The SMILES string of the molecule is NC(=O)N1C=CC2=NCN=CC2C1. The highest BCUT2D eigenvalue weighted by molar-refractivity contribution is 6.08. The highest BCUT2D eigenvalue weighted by Gasteiger charge is 2.22. The number of nitrogens with two attached hydrogens (primary N) is 1. The maximum atomic E-state index is 10.8. The predicted octanol–water partition coefficient (Wildman–Crippen LogP) is -0.00650. The molecule has 13 heavy (non-hydrogen) atoms. The molecule has 2 heterocycles. The smallest absolute Gasteiger partial charge is 0.318 e. The lowest BCUT2D eigenvalue weighted by Gasteiger charge is -2.26. The summed E-state index contributed by atoms with van der Waals surface area (Å²) in [6.45, 7) is 1.04. The van der Waals surface area contributed by atoms with Crippen LogP contribution in [0.1, 0.15) is 0 Å². The van der Waals surface area contributed by atoms with E-state index in [2.05, 4.69) is 9.98 Å². The summed E-state index contributed by atoms with van der Waals surface area (Å²) >= 11 is 0. The molecule has 68 valence electrons. The van der Waals surface area contributed by atoms with Gasteiger partial charge in [0.2, 0.25) is 0 Å². The Morgan fingerprint density at radius 3 is 3.31 bits per heavy atom. The summed E-state index contributed by atoms with van der Waals surface area (Å²) in [7, 11) is 0. The van der Waals surface area contributed by atoms with Crippen LogP contribution in [0.25, 0.3) is 0 Å². The van der Waals surface area contributed by atoms with Crippen LogP contribution in [0.3, 0.4) is 0 Å². The third-order valence-corrected chi connectivity index (χ3v) is 2.10. The van der Waals surface area contributed by atoms with Gasteiger partial charge in [-0.2, -0.15) is 0 Å². The monoisotopic (exact) mass is 178 g/mol. The molecule has 2 aliphatic heterocycles. The molecule has 0 aromatic rings. The van der Waals surface area contributed by atoms with Crippen LogP contribution < -0.4 is 5.73 Å². The Balaban J connectivity index is 2.20. The number of rotatable bonds is 0. The molecule has 5 heteroatoms. The highest BCUT2D eigenvalue weighted by atomic mass is 16.2. The lowest BCUT2D eigenvalue weighted by Crippen LogP contribution is -2.41. The first-order valence-corrected chi connectivity index (χ1v) is 4.06. The van der Waals surface area contributed by atoms with E-state index in [1.165, 1.54) is 4.90 Å². The molecule has 0 spiro atoms. The molecule has 2 amide bonds. The fourth-order valence-electron chi connectivity index (χ4n) is 1.41. The van der Waals surface area contributed by atoms with Crippen molar-refractivity contribution >= 4 is 18.0 Å². The molecule has 0 aromatic heterocycles. The Morgan fingerprint density at radius 1 is 1.69 bits per heavy atom. The molecular weight excluding hydrogens is 168 g/mol. The maximum Gasteiger partial charge on any atom is 0.318 e. The zero-order valence-corrected chi connectivity index (χ0v) is 7.05. The lowest BCUT2D eigenvalue weighted by atomic mass is 10.0. The minimum atomic E-state index is -0.436. The van der Waals surface area contributed by atoms with Gasteiger partial charge in [-0.05, 0) is 6.08 Å². The zero-order chi connectivity index (χ0) is 9.26. The second-order valence-corrected chi connectivity index (χ2v) is 2.97. The first-order valence-electron chi connectivity index (χ1n) is 4.06. The van der Waals surface area contributed by atoms with Crippen LogP contribution in [0.15, 0.2) is 22.3 Å². The number of carbonyl (C=O) groups excluding carboxylic acids is 1. The number of aliphatic imine (C=N–C) groups is 2. The first-order chi connectivity index (χ1) is 6.27. The van der Waals surface area contributed by atoms with Gasteiger partial charge >= 0.3 is 6.03 Å². The van der Waals surface area contributed by atoms with E-state index in [-0.39, 0.29) is 5.92 Å². The quantitative estimate of drug-likeness (QED) is 0.557. The van der Waals surface area contributed by atoms with E-state index in [1.807, 2.05) is 12.3 Å². The van der Waals surface area contributed by atoms with Crippen molar-refractivity contribution in [1.82, 2.24) is 4.90 Å². The Hall–Kier alpha value is -1.65. The summed E-state index contributed by atoms with van der Waals surface area (Å²) in [5, 5.41) is 0. The molecule has 0 bridgehead atoms. The second-order valence-electron chi connectivity index (χ2n) is 2.97. The van der Waals surface area contributed by atoms with E-state index in [1.54, 1.807) is 6.20 Å². The van der Waals surface area contributed by atoms with Crippen molar-refractivity contribution in [3.8, 4) is 0 Å². The number of allylic oxidation sites excluding steroid dienone is 1. The van der Waals surface area contributed by atoms with E-state index in [0.29, 0.717) is 13.2 Å². The second kappa shape index (κ2) is 3.01. The van der Waals surface area contributed by atoms with Gasteiger partial charge in [-0.15, -0.1) is 0 Å².